The van der Waals surface area contributed by atoms with Gasteiger partial charge in [0.25, 0.3) is 0 Å². The lowest BCUT2D eigenvalue weighted by Crippen LogP contribution is -2.42. The van der Waals surface area contributed by atoms with Crippen LogP contribution in [-0.2, 0) is 4.74 Å². The number of benzene rings is 2. The first-order chi connectivity index (χ1) is 17.7. The molecular weight excluding hydrogens is 473 g/mol. The van der Waals surface area contributed by atoms with Gasteiger partial charge in [0.2, 0.25) is 0 Å². The van der Waals surface area contributed by atoms with Crippen molar-refractivity contribution in [1.82, 2.24) is 14.7 Å². The predicted octanol–water partition coefficient (Wildman–Crippen LogP) is 5.62. The van der Waals surface area contributed by atoms with Crippen molar-refractivity contribution in [1.29, 1.82) is 5.26 Å². The van der Waals surface area contributed by atoms with Crippen molar-refractivity contribution in [3.8, 4) is 28.8 Å². The molecule has 0 radical (unpaired) electrons. The number of rotatable bonds is 6. The molecule has 0 atom stereocenters. The van der Waals surface area contributed by atoms with Gasteiger partial charge in [-0.1, -0.05) is 6.07 Å². The van der Waals surface area contributed by atoms with Gasteiger partial charge in [-0.05, 0) is 75.9 Å². The number of ether oxygens (including phenoxy) is 2. The minimum atomic E-state index is -0.575. The summed E-state index contributed by atoms with van der Waals surface area (Å²) < 4.78 is 26.9. The van der Waals surface area contributed by atoms with E-state index in [2.05, 4.69) is 5.32 Å². The molecule has 0 spiro atoms. The van der Waals surface area contributed by atoms with E-state index in [0.29, 0.717) is 42.6 Å². The normalized spacial score (nSPS) is 14.2. The molecular formula is C28H32FN5O3. The van der Waals surface area contributed by atoms with Crippen LogP contribution in [0.3, 0.4) is 0 Å². The Morgan fingerprint density at radius 1 is 1.16 bits per heavy atom. The van der Waals surface area contributed by atoms with Crippen LogP contribution in [0.2, 0.25) is 0 Å². The molecule has 0 bridgehead atoms. The molecule has 3 aromatic rings. The number of nitrogens with zero attached hydrogens (tertiary/aromatic N) is 4. The number of methoxy groups -OCH3 is 1. The van der Waals surface area contributed by atoms with Crippen molar-refractivity contribution in [2.75, 3.05) is 32.1 Å². The maximum atomic E-state index is 14.4. The quantitative estimate of drug-likeness (QED) is 0.468. The van der Waals surface area contributed by atoms with E-state index < -0.39 is 11.4 Å². The summed E-state index contributed by atoms with van der Waals surface area (Å²) in [6, 6.07) is 15.7. The lowest BCUT2D eigenvalue weighted by atomic mass is 9.97. The third-order valence-electron chi connectivity index (χ3n) is 6.25. The molecule has 1 N–H and O–H groups in total. The molecule has 0 aliphatic carbocycles. The summed E-state index contributed by atoms with van der Waals surface area (Å²) in [6.45, 7) is 7.60. The lowest BCUT2D eigenvalue weighted by Gasteiger charge is -2.33. The van der Waals surface area contributed by atoms with Gasteiger partial charge in [0.1, 0.15) is 29.1 Å². The number of carbonyl (C=O) groups excluding carboxylic acids is 1. The van der Waals surface area contributed by atoms with E-state index in [4.69, 9.17) is 19.8 Å². The molecule has 1 amide bonds. The molecule has 2 heterocycles. The number of aromatic nitrogens is 2. The molecule has 4 rings (SSSR count). The Bertz CT molecular complexity index is 1280. The van der Waals surface area contributed by atoms with Gasteiger partial charge < -0.3 is 19.7 Å². The molecule has 1 aliphatic rings. The average Bonchev–Trinajstić information content (AvgIpc) is 3.31. The Hall–Kier alpha value is -4.06. The first-order valence-electron chi connectivity index (χ1n) is 12.3. The molecule has 8 nitrogen and oxygen atoms in total. The van der Waals surface area contributed by atoms with Crippen LogP contribution in [0.4, 0.5) is 15.0 Å². The molecule has 1 saturated heterocycles. The lowest BCUT2D eigenvalue weighted by molar-refractivity contribution is 0.0188. The fourth-order valence-corrected chi connectivity index (χ4v) is 4.25. The van der Waals surface area contributed by atoms with Crippen LogP contribution in [0, 0.1) is 23.1 Å². The summed E-state index contributed by atoms with van der Waals surface area (Å²) in [5, 5.41) is 17.3. The number of hydrogen-bond donors (Lipinski definition) is 1. The molecule has 9 heteroatoms. The first kappa shape index (κ1) is 26.0. The van der Waals surface area contributed by atoms with Gasteiger partial charge in [-0.25, -0.2) is 13.9 Å². The van der Waals surface area contributed by atoms with E-state index in [0.717, 1.165) is 24.3 Å². The Morgan fingerprint density at radius 2 is 1.86 bits per heavy atom. The van der Waals surface area contributed by atoms with E-state index in [1.165, 1.54) is 12.1 Å². The molecule has 0 saturated carbocycles. The van der Waals surface area contributed by atoms with Gasteiger partial charge in [0.05, 0.1) is 24.1 Å². The number of halogens is 1. The predicted molar refractivity (Wildman–Crippen MR) is 139 cm³/mol. The number of amides is 1. The van der Waals surface area contributed by atoms with Gasteiger partial charge >= 0.3 is 6.09 Å². The van der Waals surface area contributed by atoms with Crippen molar-refractivity contribution in [2.24, 2.45) is 5.92 Å². The monoisotopic (exact) mass is 505 g/mol. The third kappa shape index (κ3) is 6.39. The molecule has 2 aromatic carbocycles. The maximum Gasteiger partial charge on any atom is 0.410 e. The van der Waals surface area contributed by atoms with Crippen molar-refractivity contribution < 1.29 is 18.7 Å². The number of carbonyl (C=O) groups is 1. The zero-order valence-electron chi connectivity index (χ0n) is 21.6. The average molecular weight is 506 g/mol. The first-order valence-corrected chi connectivity index (χ1v) is 12.3. The molecule has 1 aliphatic heterocycles. The highest BCUT2D eigenvalue weighted by molar-refractivity contribution is 5.68. The third-order valence-corrected chi connectivity index (χ3v) is 6.25. The van der Waals surface area contributed by atoms with E-state index in [1.807, 2.05) is 57.2 Å². The summed E-state index contributed by atoms with van der Waals surface area (Å²) in [5.74, 6) is 1.18. The van der Waals surface area contributed by atoms with Gasteiger partial charge in [-0.2, -0.15) is 5.26 Å². The minimum absolute atomic E-state index is 0.00432. The van der Waals surface area contributed by atoms with Gasteiger partial charge in [-0.3, -0.25) is 0 Å². The topological polar surface area (TPSA) is 92.4 Å². The van der Waals surface area contributed by atoms with E-state index >= 15 is 0 Å². The fraction of sp³-hybridized carbons (Fsp3) is 0.393. The van der Waals surface area contributed by atoms with Gasteiger partial charge in [0.15, 0.2) is 0 Å². The minimum Gasteiger partial charge on any atom is -0.497 e. The largest absolute Gasteiger partial charge is 0.497 e. The second kappa shape index (κ2) is 10.9. The smallest absolute Gasteiger partial charge is 0.410 e. The summed E-state index contributed by atoms with van der Waals surface area (Å²) in [7, 11) is 1.61. The van der Waals surface area contributed by atoms with E-state index in [-0.39, 0.29) is 11.7 Å². The highest BCUT2D eigenvalue weighted by atomic mass is 19.1. The van der Waals surface area contributed by atoms with Crippen LogP contribution in [0.15, 0.2) is 48.5 Å². The Morgan fingerprint density at radius 3 is 2.46 bits per heavy atom. The van der Waals surface area contributed by atoms with Crippen molar-refractivity contribution in [2.45, 2.75) is 39.2 Å². The molecule has 194 valence electrons. The number of hydrogen-bond acceptors (Lipinski definition) is 6. The molecule has 0 unspecified atom stereocenters. The van der Waals surface area contributed by atoms with Crippen molar-refractivity contribution in [3.05, 3.63) is 59.9 Å². The second-order valence-electron chi connectivity index (χ2n) is 10.1. The summed E-state index contributed by atoms with van der Waals surface area (Å²) >= 11 is 0. The fourth-order valence-electron chi connectivity index (χ4n) is 4.25. The maximum absolute atomic E-state index is 14.4. The Kier molecular flexibility index (Phi) is 7.67. The van der Waals surface area contributed by atoms with Crippen LogP contribution in [0.1, 0.15) is 39.2 Å². The van der Waals surface area contributed by atoms with Crippen LogP contribution in [-0.4, -0.2) is 53.1 Å². The standard InChI is InChI=1S/C28H32FN5O3/c1-28(2,3)37-27(35)33-13-11-19(12-14-33)18-31-26-16-25(20-5-6-21(17-30)24(29)15-20)34(32-26)22-7-9-23(36-4)10-8-22/h5-10,15-16,19H,11-14,18H2,1-4H3,(H,31,32). The van der Waals surface area contributed by atoms with Crippen molar-refractivity contribution >= 4 is 11.9 Å². The number of nitrogens with one attached hydrogen (secondary N) is 1. The number of anilines is 1. The van der Waals surface area contributed by atoms with Crippen LogP contribution in [0.25, 0.3) is 16.9 Å². The van der Waals surface area contributed by atoms with E-state index in [1.54, 1.807) is 22.8 Å². The number of likely N-dealkylation sites (tertiary alicyclic amines) is 1. The summed E-state index contributed by atoms with van der Waals surface area (Å²) in [6.07, 6.45) is 1.45. The SMILES string of the molecule is COc1ccc(-n2nc(NCC3CCN(C(=O)OC(C)(C)C)CC3)cc2-c2ccc(C#N)c(F)c2)cc1. The summed E-state index contributed by atoms with van der Waals surface area (Å²) in [4.78, 5) is 14.1. The zero-order valence-corrected chi connectivity index (χ0v) is 21.6. The van der Waals surface area contributed by atoms with E-state index in [9.17, 15) is 9.18 Å². The molecule has 1 aromatic heterocycles. The Labute approximate surface area is 216 Å². The zero-order chi connectivity index (χ0) is 26.6. The molecule has 1 fully saturated rings. The summed E-state index contributed by atoms with van der Waals surface area (Å²) in [5.41, 5.74) is 1.58. The van der Waals surface area contributed by atoms with Crippen LogP contribution < -0.4 is 10.1 Å². The second-order valence-corrected chi connectivity index (χ2v) is 10.1. The van der Waals surface area contributed by atoms with Gasteiger partial charge in [-0.15, -0.1) is 5.10 Å². The van der Waals surface area contributed by atoms with Crippen LogP contribution in [0.5, 0.6) is 5.75 Å². The van der Waals surface area contributed by atoms with Crippen LogP contribution >= 0.6 is 0 Å². The number of piperidine rings is 1. The van der Waals surface area contributed by atoms with Crippen molar-refractivity contribution in [3.63, 3.8) is 0 Å². The Balaban J connectivity index is 1.49. The number of nitriles is 1. The molecule has 37 heavy (non-hydrogen) atoms. The highest BCUT2D eigenvalue weighted by Gasteiger charge is 2.27. The van der Waals surface area contributed by atoms with Gasteiger partial charge in [0, 0.05) is 31.3 Å². The highest BCUT2D eigenvalue weighted by Crippen LogP contribution is 2.29.